The Morgan fingerprint density at radius 2 is 2.11 bits per heavy atom. The van der Waals surface area contributed by atoms with Gasteiger partial charge in [0.1, 0.15) is 5.69 Å². The van der Waals surface area contributed by atoms with E-state index in [-0.39, 0.29) is 17.5 Å². The molecule has 8 nitrogen and oxygen atoms in total. The van der Waals surface area contributed by atoms with E-state index in [0.717, 1.165) is 55.5 Å². The Morgan fingerprint density at radius 3 is 2.93 bits per heavy atom. The first-order chi connectivity index (χ1) is 13.1. The first-order valence-corrected chi connectivity index (χ1v) is 9.56. The van der Waals surface area contributed by atoms with Crippen molar-refractivity contribution in [2.45, 2.75) is 44.6 Å². The summed E-state index contributed by atoms with van der Waals surface area (Å²) < 4.78 is 3.15. The van der Waals surface area contributed by atoms with Crippen LogP contribution in [0.5, 0.6) is 0 Å². The molecule has 0 radical (unpaired) electrons. The van der Waals surface area contributed by atoms with Gasteiger partial charge < -0.3 is 4.90 Å². The molecule has 27 heavy (non-hydrogen) atoms. The number of fused-ring (bicyclic) bond motifs is 2. The van der Waals surface area contributed by atoms with Crippen LogP contribution in [0.25, 0.3) is 5.65 Å². The molecule has 5 rings (SSSR count). The molecule has 1 amide bonds. The second-order valence-electron chi connectivity index (χ2n) is 7.45. The standard InChI is InChI=1S/C19H22N6O2/c1-23-16(8-9-20-23)19(27)24-10-4-7-15(24)14-11-17-21-13-6-3-2-5-12(13)18(26)25(17)22-14/h8-9,11,15,22H,2-7,10H2,1H3. The van der Waals surface area contributed by atoms with Gasteiger partial charge in [0, 0.05) is 31.4 Å². The number of hydrogen-bond acceptors (Lipinski definition) is 4. The van der Waals surface area contributed by atoms with Crippen LogP contribution in [-0.4, -0.2) is 41.7 Å². The number of hydrogen-bond donors (Lipinski definition) is 1. The number of carbonyl (C=O) groups is 1. The highest BCUT2D eigenvalue weighted by Gasteiger charge is 2.33. The van der Waals surface area contributed by atoms with Crippen LogP contribution in [-0.2, 0) is 19.9 Å². The smallest absolute Gasteiger partial charge is 0.276 e. The molecule has 0 bridgehead atoms. The number of aryl methyl sites for hydroxylation is 2. The lowest BCUT2D eigenvalue weighted by Gasteiger charge is -2.23. The summed E-state index contributed by atoms with van der Waals surface area (Å²) in [5.74, 6) is -0.0317. The molecule has 3 aromatic heterocycles. The summed E-state index contributed by atoms with van der Waals surface area (Å²) in [6, 6.07) is 3.59. The Labute approximate surface area is 155 Å². The van der Waals surface area contributed by atoms with E-state index in [9.17, 15) is 9.59 Å². The van der Waals surface area contributed by atoms with Gasteiger partial charge in [0.25, 0.3) is 11.5 Å². The molecular formula is C19H22N6O2. The fraction of sp³-hybridized carbons (Fsp3) is 0.474. The zero-order valence-corrected chi connectivity index (χ0v) is 15.3. The normalized spacial score (nSPS) is 19.6. The zero-order chi connectivity index (χ0) is 18.5. The molecule has 1 fully saturated rings. The number of rotatable bonds is 2. The van der Waals surface area contributed by atoms with E-state index in [1.807, 2.05) is 11.0 Å². The monoisotopic (exact) mass is 366 g/mol. The van der Waals surface area contributed by atoms with Crippen molar-refractivity contribution in [1.82, 2.24) is 29.3 Å². The maximum atomic E-state index is 13.0. The maximum Gasteiger partial charge on any atom is 0.276 e. The van der Waals surface area contributed by atoms with E-state index >= 15 is 0 Å². The van der Waals surface area contributed by atoms with Crippen LogP contribution in [0.4, 0.5) is 0 Å². The van der Waals surface area contributed by atoms with Crippen molar-refractivity contribution in [1.29, 1.82) is 0 Å². The van der Waals surface area contributed by atoms with Crippen molar-refractivity contribution in [3.05, 3.63) is 51.3 Å². The molecule has 1 N–H and O–H groups in total. The minimum atomic E-state index is -0.0782. The number of aromatic nitrogens is 5. The fourth-order valence-corrected chi connectivity index (χ4v) is 4.41. The summed E-state index contributed by atoms with van der Waals surface area (Å²) in [6.45, 7) is 0.697. The molecule has 140 valence electrons. The van der Waals surface area contributed by atoms with E-state index in [2.05, 4.69) is 10.2 Å². The Balaban J connectivity index is 1.54. The van der Waals surface area contributed by atoms with Crippen LogP contribution in [0.2, 0.25) is 0 Å². The van der Waals surface area contributed by atoms with Crippen LogP contribution in [0.15, 0.2) is 23.1 Å². The predicted octanol–water partition coefficient (Wildman–Crippen LogP) is 1.61. The van der Waals surface area contributed by atoms with Gasteiger partial charge in [-0.3, -0.25) is 19.4 Å². The van der Waals surface area contributed by atoms with E-state index in [4.69, 9.17) is 4.98 Å². The second-order valence-corrected chi connectivity index (χ2v) is 7.45. The number of H-pyrrole nitrogens is 1. The molecule has 1 saturated heterocycles. The summed E-state index contributed by atoms with van der Waals surface area (Å²) in [6.07, 6.45) is 7.23. The van der Waals surface area contributed by atoms with Crippen LogP contribution < -0.4 is 5.56 Å². The van der Waals surface area contributed by atoms with E-state index < -0.39 is 0 Å². The molecule has 0 spiro atoms. The van der Waals surface area contributed by atoms with Crippen LogP contribution in [0.3, 0.4) is 0 Å². The van der Waals surface area contributed by atoms with Crippen LogP contribution >= 0.6 is 0 Å². The molecule has 2 aliphatic rings. The lowest BCUT2D eigenvalue weighted by Crippen LogP contribution is -2.32. The maximum absolute atomic E-state index is 13.0. The third kappa shape index (κ3) is 2.50. The van der Waals surface area contributed by atoms with Crippen molar-refractivity contribution < 1.29 is 4.79 Å². The van der Waals surface area contributed by atoms with Crippen molar-refractivity contribution in [2.75, 3.05) is 6.54 Å². The van der Waals surface area contributed by atoms with Crippen LogP contribution in [0.1, 0.15) is 59.2 Å². The number of nitrogens with zero attached hydrogens (tertiary/aromatic N) is 5. The van der Waals surface area contributed by atoms with E-state index in [0.29, 0.717) is 17.9 Å². The Morgan fingerprint density at radius 1 is 1.26 bits per heavy atom. The number of amides is 1. The highest BCUT2D eigenvalue weighted by atomic mass is 16.2. The molecule has 0 aromatic carbocycles. The highest BCUT2D eigenvalue weighted by Crippen LogP contribution is 2.32. The lowest BCUT2D eigenvalue weighted by molar-refractivity contribution is 0.0721. The number of aromatic amines is 1. The van der Waals surface area contributed by atoms with E-state index in [1.54, 1.807) is 28.5 Å². The average molecular weight is 366 g/mol. The van der Waals surface area contributed by atoms with Gasteiger partial charge in [-0.05, 0) is 44.6 Å². The molecule has 1 atom stereocenters. The van der Waals surface area contributed by atoms with Gasteiger partial charge in [0.15, 0.2) is 5.65 Å². The summed E-state index contributed by atoms with van der Waals surface area (Å²) in [4.78, 5) is 32.4. The summed E-state index contributed by atoms with van der Waals surface area (Å²) in [5.41, 5.74) is 3.87. The first-order valence-electron chi connectivity index (χ1n) is 9.56. The predicted molar refractivity (Wildman–Crippen MR) is 98.7 cm³/mol. The molecular weight excluding hydrogens is 344 g/mol. The van der Waals surface area contributed by atoms with Gasteiger partial charge >= 0.3 is 0 Å². The minimum Gasteiger partial charge on any atom is -0.329 e. The van der Waals surface area contributed by atoms with Crippen molar-refractivity contribution in [3.63, 3.8) is 0 Å². The summed E-state index contributed by atoms with van der Waals surface area (Å²) in [7, 11) is 1.77. The third-order valence-electron chi connectivity index (χ3n) is 5.82. The quantitative estimate of drug-likeness (QED) is 0.746. The number of nitrogens with one attached hydrogen (secondary N) is 1. The van der Waals surface area contributed by atoms with Gasteiger partial charge in [-0.25, -0.2) is 9.50 Å². The van der Waals surface area contributed by atoms with Gasteiger partial charge in [-0.15, -0.1) is 0 Å². The first kappa shape index (κ1) is 16.3. The Kier molecular flexibility index (Phi) is 3.66. The largest absolute Gasteiger partial charge is 0.329 e. The highest BCUT2D eigenvalue weighted by molar-refractivity contribution is 5.93. The van der Waals surface area contributed by atoms with Crippen molar-refractivity contribution >= 4 is 11.6 Å². The second kappa shape index (κ2) is 6.07. The van der Waals surface area contributed by atoms with E-state index in [1.165, 1.54) is 0 Å². The summed E-state index contributed by atoms with van der Waals surface area (Å²) >= 11 is 0. The average Bonchev–Trinajstić information content (AvgIpc) is 3.40. The molecule has 8 heteroatoms. The molecule has 3 aromatic rings. The van der Waals surface area contributed by atoms with Crippen molar-refractivity contribution in [2.24, 2.45) is 7.05 Å². The van der Waals surface area contributed by atoms with Crippen molar-refractivity contribution in [3.8, 4) is 0 Å². The third-order valence-corrected chi connectivity index (χ3v) is 5.82. The van der Waals surface area contributed by atoms with Gasteiger partial charge in [-0.2, -0.15) is 5.10 Å². The molecule has 0 saturated carbocycles. The SMILES string of the molecule is Cn1nccc1C(=O)N1CCCC1c1cc2nc3c(c(=O)n2[nH]1)CCCC3. The molecule has 1 unspecified atom stereocenters. The zero-order valence-electron chi connectivity index (χ0n) is 15.3. The Hall–Kier alpha value is -2.90. The molecule has 4 heterocycles. The van der Waals surface area contributed by atoms with Gasteiger partial charge in [-0.1, -0.05) is 0 Å². The fourth-order valence-electron chi connectivity index (χ4n) is 4.41. The number of carbonyl (C=O) groups excluding carboxylic acids is 1. The molecule has 1 aliphatic carbocycles. The van der Waals surface area contributed by atoms with Gasteiger partial charge in [0.05, 0.1) is 17.4 Å². The Bertz CT molecular complexity index is 1090. The minimum absolute atomic E-state index is 0.00320. The van der Waals surface area contributed by atoms with Crippen LogP contribution in [0, 0.1) is 0 Å². The summed E-state index contributed by atoms with van der Waals surface area (Å²) in [5, 5.41) is 7.33. The molecule has 1 aliphatic heterocycles. The topological polar surface area (TPSA) is 88.3 Å². The lowest BCUT2D eigenvalue weighted by atomic mass is 9.97. The number of likely N-dealkylation sites (tertiary alicyclic amines) is 1. The van der Waals surface area contributed by atoms with Gasteiger partial charge in [0.2, 0.25) is 0 Å².